The number of thioether (sulfide) groups is 1. The Morgan fingerprint density at radius 3 is 2.86 bits per heavy atom. The molecule has 0 radical (unpaired) electrons. The Balaban J connectivity index is 1.48. The number of benzene rings is 2. The van der Waals surface area contributed by atoms with Crippen molar-refractivity contribution in [3.05, 3.63) is 60.0 Å². The van der Waals surface area contributed by atoms with E-state index in [0.29, 0.717) is 29.3 Å². The third-order valence-electron chi connectivity index (χ3n) is 4.17. The van der Waals surface area contributed by atoms with Crippen molar-refractivity contribution in [1.82, 2.24) is 10.2 Å². The zero-order valence-corrected chi connectivity index (χ0v) is 15.9. The highest BCUT2D eigenvalue weighted by atomic mass is 32.2. The molecule has 4 rings (SSSR count). The van der Waals surface area contributed by atoms with Crippen molar-refractivity contribution in [2.24, 2.45) is 0 Å². The molecule has 7 nitrogen and oxygen atoms in total. The van der Waals surface area contributed by atoms with E-state index in [1.165, 1.54) is 0 Å². The quantitative estimate of drug-likeness (QED) is 0.665. The summed E-state index contributed by atoms with van der Waals surface area (Å²) in [5.41, 5.74) is 1.76. The zero-order valence-electron chi connectivity index (χ0n) is 15.0. The summed E-state index contributed by atoms with van der Waals surface area (Å²) in [6.07, 6.45) is -0.267. The van der Waals surface area contributed by atoms with Gasteiger partial charge in [0.2, 0.25) is 11.8 Å². The van der Waals surface area contributed by atoms with Crippen LogP contribution in [0.5, 0.6) is 0 Å². The fourth-order valence-corrected chi connectivity index (χ4v) is 3.66. The summed E-state index contributed by atoms with van der Waals surface area (Å²) in [4.78, 5) is 25.2. The van der Waals surface area contributed by atoms with Gasteiger partial charge in [0.1, 0.15) is 0 Å². The first-order valence-electron chi connectivity index (χ1n) is 8.76. The largest absolute Gasteiger partial charge is 0.449 e. The Morgan fingerprint density at radius 2 is 2.04 bits per heavy atom. The summed E-state index contributed by atoms with van der Waals surface area (Å²) in [5, 5.41) is 10.8. The van der Waals surface area contributed by atoms with Crippen LogP contribution in [0.25, 0.3) is 11.5 Å². The van der Waals surface area contributed by atoms with Crippen LogP contribution in [0.15, 0.2) is 57.8 Å². The molecule has 0 saturated heterocycles. The Hall–Kier alpha value is -3.13. The molecule has 142 valence electrons. The standard InChI is InChI=1S/C20H17N3O4S/c1-12(18-22-23-19(27-18)13-5-3-2-4-6-13)26-20(25)14-7-8-16-15(11-14)21-17(24)9-10-28-16/h2-8,11-12H,9-10H2,1H3,(H,21,24)/t12-/m0/s1. The van der Waals surface area contributed by atoms with Crippen molar-refractivity contribution in [2.75, 3.05) is 11.1 Å². The number of esters is 1. The van der Waals surface area contributed by atoms with E-state index >= 15 is 0 Å². The van der Waals surface area contributed by atoms with Crippen molar-refractivity contribution in [2.45, 2.75) is 24.3 Å². The number of carbonyl (C=O) groups excluding carboxylic acids is 2. The number of amides is 1. The minimum absolute atomic E-state index is 0.0653. The molecule has 3 aromatic rings. The first-order chi connectivity index (χ1) is 13.6. The van der Waals surface area contributed by atoms with Crippen LogP contribution >= 0.6 is 11.8 Å². The lowest BCUT2D eigenvalue weighted by molar-refractivity contribution is -0.115. The molecule has 1 amide bonds. The van der Waals surface area contributed by atoms with Gasteiger partial charge in [0.25, 0.3) is 5.89 Å². The fraction of sp³-hybridized carbons (Fsp3) is 0.200. The van der Waals surface area contributed by atoms with Gasteiger partial charge >= 0.3 is 5.97 Å². The smallest absolute Gasteiger partial charge is 0.338 e. The fourth-order valence-electron chi connectivity index (χ4n) is 2.72. The first-order valence-corrected chi connectivity index (χ1v) is 9.75. The number of anilines is 1. The van der Waals surface area contributed by atoms with Gasteiger partial charge in [0.05, 0.1) is 11.3 Å². The maximum absolute atomic E-state index is 12.5. The molecule has 0 saturated carbocycles. The van der Waals surface area contributed by atoms with Gasteiger partial charge in [-0.3, -0.25) is 4.79 Å². The van der Waals surface area contributed by atoms with E-state index in [1.54, 1.807) is 30.8 Å². The van der Waals surface area contributed by atoms with E-state index in [9.17, 15) is 9.59 Å². The van der Waals surface area contributed by atoms with Crippen molar-refractivity contribution < 1.29 is 18.7 Å². The van der Waals surface area contributed by atoms with E-state index in [-0.39, 0.29) is 11.8 Å². The van der Waals surface area contributed by atoms with Crippen LogP contribution in [0.2, 0.25) is 0 Å². The second-order valence-electron chi connectivity index (χ2n) is 6.22. The average Bonchev–Trinajstić information content (AvgIpc) is 3.12. The van der Waals surface area contributed by atoms with Crippen LogP contribution in [0.4, 0.5) is 5.69 Å². The molecule has 1 aromatic heterocycles. The van der Waals surface area contributed by atoms with Gasteiger partial charge in [-0.15, -0.1) is 22.0 Å². The van der Waals surface area contributed by atoms with E-state index in [1.807, 2.05) is 36.4 Å². The number of nitrogens with one attached hydrogen (secondary N) is 1. The van der Waals surface area contributed by atoms with Crippen molar-refractivity contribution in [3.63, 3.8) is 0 Å². The van der Waals surface area contributed by atoms with Gasteiger partial charge in [-0.1, -0.05) is 18.2 Å². The van der Waals surface area contributed by atoms with Gasteiger partial charge in [0.15, 0.2) is 6.10 Å². The van der Waals surface area contributed by atoms with Crippen LogP contribution in [-0.2, 0) is 9.53 Å². The Bertz CT molecular complexity index is 1020. The molecule has 1 N–H and O–H groups in total. The summed E-state index contributed by atoms with van der Waals surface area (Å²) in [6.45, 7) is 1.67. The molecule has 8 heteroatoms. The molecule has 1 atom stereocenters. The minimum Gasteiger partial charge on any atom is -0.449 e. The molecule has 0 aliphatic carbocycles. The Labute approximate surface area is 165 Å². The summed E-state index contributed by atoms with van der Waals surface area (Å²) in [5.74, 6) is 0.692. The van der Waals surface area contributed by atoms with Crippen LogP contribution in [-0.4, -0.2) is 27.8 Å². The molecular weight excluding hydrogens is 378 g/mol. The number of ether oxygens (including phenoxy) is 1. The number of carbonyl (C=O) groups is 2. The summed E-state index contributed by atoms with van der Waals surface area (Å²) in [7, 11) is 0. The minimum atomic E-state index is -0.708. The number of hydrogen-bond acceptors (Lipinski definition) is 7. The highest BCUT2D eigenvalue weighted by molar-refractivity contribution is 7.99. The predicted molar refractivity (Wildman–Crippen MR) is 104 cm³/mol. The van der Waals surface area contributed by atoms with Gasteiger partial charge in [-0.05, 0) is 37.3 Å². The van der Waals surface area contributed by atoms with E-state index in [0.717, 1.165) is 10.5 Å². The number of nitrogens with zero attached hydrogens (tertiary/aromatic N) is 2. The maximum Gasteiger partial charge on any atom is 0.338 e. The molecule has 0 spiro atoms. The topological polar surface area (TPSA) is 94.3 Å². The molecule has 28 heavy (non-hydrogen) atoms. The molecule has 1 aliphatic rings. The van der Waals surface area contributed by atoms with Crippen LogP contribution < -0.4 is 5.32 Å². The highest BCUT2D eigenvalue weighted by Gasteiger charge is 2.21. The second-order valence-corrected chi connectivity index (χ2v) is 7.35. The Morgan fingerprint density at radius 1 is 1.21 bits per heavy atom. The van der Waals surface area contributed by atoms with E-state index < -0.39 is 12.1 Å². The van der Waals surface area contributed by atoms with Crippen LogP contribution in [0.1, 0.15) is 35.7 Å². The SMILES string of the molecule is C[C@H](OC(=O)c1ccc2c(c1)NC(=O)CCS2)c1nnc(-c2ccccc2)o1. The van der Waals surface area contributed by atoms with Crippen molar-refractivity contribution in [1.29, 1.82) is 0 Å². The molecule has 0 bridgehead atoms. The Kier molecular flexibility index (Phi) is 5.12. The summed E-state index contributed by atoms with van der Waals surface area (Å²) < 4.78 is 11.1. The van der Waals surface area contributed by atoms with Gasteiger partial charge in [0, 0.05) is 22.6 Å². The van der Waals surface area contributed by atoms with E-state index in [4.69, 9.17) is 9.15 Å². The first kappa shape index (κ1) is 18.2. The average molecular weight is 395 g/mol. The summed E-state index contributed by atoms with van der Waals surface area (Å²) >= 11 is 1.58. The predicted octanol–water partition coefficient (Wildman–Crippen LogP) is 4.09. The monoisotopic (exact) mass is 395 g/mol. The lowest BCUT2D eigenvalue weighted by atomic mass is 10.2. The third kappa shape index (κ3) is 3.91. The molecule has 0 fully saturated rings. The highest BCUT2D eigenvalue weighted by Crippen LogP contribution is 2.32. The number of fused-ring (bicyclic) bond motifs is 1. The lowest BCUT2D eigenvalue weighted by Crippen LogP contribution is -2.12. The van der Waals surface area contributed by atoms with Crippen LogP contribution in [0, 0.1) is 0 Å². The molecule has 2 aromatic carbocycles. The molecule has 1 aliphatic heterocycles. The zero-order chi connectivity index (χ0) is 19.5. The number of hydrogen-bond donors (Lipinski definition) is 1. The number of aromatic nitrogens is 2. The lowest BCUT2D eigenvalue weighted by Gasteiger charge is -2.11. The van der Waals surface area contributed by atoms with Gasteiger partial charge in [-0.25, -0.2) is 4.79 Å². The summed E-state index contributed by atoms with van der Waals surface area (Å²) in [6, 6.07) is 14.5. The number of rotatable bonds is 4. The molecule has 0 unspecified atom stereocenters. The second kappa shape index (κ2) is 7.85. The molecule has 2 heterocycles. The van der Waals surface area contributed by atoms with Gasteiger partial charge < -0.3 is 14.5 Å². The maximum atomic E-state index is 12.5. The third-order valence-corrected chi connectivity index (χ3v) is 5.24. The van der Waals surface area contributed by atoms with E-state index in [2.05, 4.69) is 15.5 Å². The van der Waals surface area contributed by atoms with Crippen LogP contribution in [0.3, 0.4) is 0 Å². The van der Waals surface area contributed by atoms with Crippen molar-refractivity contribution in [3.8, 4) is 11.5 Å². The normalized spacial score (nSPS) is 14.5. The van der Waals surface area contributed by atoms with Crippen molar-refractivity contribution >= 4 is 29.3 Å². The van der Waals surface area contributed by atoms with Gasteiger partial charge in [-0.2, -0.15) is 0 Å². The molecular formula is C20H17N3O4S.